The molecule has 2 aromatic rings. The summed E-state index contributed by atoms with van der Waals surface area (Å²) in [6, 6.07) is 10.1. The number of ether oxygens (including phenoxy) is 1. The number of carbonyl (C=O) groups is 1. The Kier molecular flexibility index (Phi) is 5.98. The minimum Gasteiger partial charge on any atom is -0.488 e. The predicted molar refractivity (Wildman–Crippen MR) is 95.5 cm³/mol. The van der Waals surface area contributed by atoms with E-state index < -0.39 is 11.7 Å². The molecule has 1 aliphatic rings. The molecule has 0 aliphatic heterocycles. The number of hydrogen-bond acceptors (Lipinski definition) is 4. The van der Waals surface area contributed by atoms with Crippen LogP contribution in [0.5, 0.6) is 5.75 Å². The number of anilines is 1. The summed E-state index contributed by atoms with van der Waals surface area (Å²) >= 11 is 0. The highest BCUT2D eigenvalue weighted by Crippen LogP contribution is 2.40. The predicted octanol–water partition coefficient (Wildman–Crippen LogP) is 4.85. The molecule has 1 N–H and O–H groups in total. The Balaban J connectivity index is 1.71. The molecule has 27 heavy (non-hydrogen) atoms. The Labute approximate surface area is 155 Å². The molecule has 0 unspecified atom stereocenters. The minimum atomic E-state index is -4.65. The number of Topliss-reactive ketones (excluding diaryl/α,β-unsaturated/α-hetero) is 1. The SMILES string of the molecule is O=C(CNc1nccc(OCc2ccccc2)c1C(F)(F)F)CC1CCC1. The van der Waals surface area contributed by atoms with Gasteiger partial charge in [-0.3, -0.25) is 4.79 Å². The molecule has 1 saturated carbocycles. The largest absolute Gasteiger partial charge is 0.488 e. The number of benzene rings is 1. The summed E-state index contributed by atoms with van der Waals surface area (Å²) in [6.45, 7) is -0.164. The van der Waals surface area contributed by atoms with Crippen molar-refractivity contribution in [3.05, 3.63) is 53.7 Å². The van der Waals surface area contributed by atoms with Crippen LogP contribution in [0.3, 0.4) is 0 Å². The van der Waals surface area contributed by atoms with E-state index in [2.05, 4.69) is 10.3 Å². The number of nitrogens with zero attached hydrogens (tertiary/aromatic N) is 1. The fourth-order valence-corrected chi connectivity index (χ4v) is 2.98. The van der Waals surface area contributed by atoms with E-state index in [9.17, 15) is 18.0 Å². The van der Waals surface area contributed by atoms with Crippen LogP contribution in [-0.4, -0.2) is 17.3 Å². The Bertz CT molecular complexity index is 775. The number of aromatic nitrogens is 1. The molecular formula is C20H21F3N2O2. The van der Waals surface area contributed by atoms with E-state index in [0.29, 0.717) is 12.3 Å². The zero-order valence-electron chi connectivity index (χ0n) is 14.8. The van der Waals surface area contributed by atoms with Crippen molar-refractivity contribution < 1.29 is 22.7 Å². The fourth-order valence-electron chi connectivity index (χ4n) is 2.98. The second-order valence-corrected chi connectivity index (χ2v) is 6.70. The lowest BCUT2D eigenvalue weighted by Gasteiger charge is -2.24. The highest BCUT2D eigenvalue weighted by atomic mass is 19.4. The summed E-state index contributed by atoms with van der Waals surface area (Å²) in [5.41, 5.74) is -0.231. The molecular weight excluding hydrogens is 357 g/mol. The molecule has 0 radical (unpaired) electrons. The number of alkyl halides is 3. The fraction of sp³-hybridized carbons (Fsp3) is 0.400. The topological polar surface area (TPSA) is 51.2 Å². The summed E-state index contributed by atoms with van der Waals surface area (Å²) in [6.07, 6.45) is 0.139. The number of rotatable bonds is 8. The van der Waals surface area contributed by atoms with Crippen LogP contribution in [-0.2, 0) is 17.6 Å². The van der Waals surface area contributed by atoms with Crippen molar-refractivity contribution in [2.24, 2.45) is 5.92 Å². The van der Waals surface area contributed by atoms with E-state index >= 15 is 0 Å². The molecule has 0 atom stereocenters. The molecule has 1 heterocycles. The van der Waals surface area contributed by atoms with Gasteiger partial charge in [-0.2, -0.15) is 13.2 Å². The van der Waals surface area contributed by atoms with Gasteiger partial charge in [0.05, 0.1) is 6.54 Å². The first-order valence-corrected chi connectivity index (χ1v) is 8.92. The third kappa shape index (κ3) is 5.21. The quantitative estimate of drug-likeness (QED) is 0.713. The second kappa shape index (κ2) is 8.41. The van der Waals surface area contributed by atoms with E-state index in [-0.39, 0.29) is 30.5 Å². The van der Waals surface area contributed by atoms with Gasteiger partial charge in [0.15, 0.2) is 5.78 Å². The molecule has 1 aromatic heterocycles. The molecule has 7 heteroatoms. The van der Waals surface area contributed by atoms with Crippen LogP contribution in [0.15, 0.2) is 42.6 Å². The molecule has 1 fully saturated rings. The monoisotopic (exact) mass is 378 g/mol. The van der Waals surface area contributed by atoms with E-state index in [4.69, 9.17) is 4.74 Å². The van der Waals surface area contributed by atoms with Gasteiger partial charge in [0.1, 0.15) is 23.7 Å². The molecule has 0 saturated heterocycles. The molecule has 1 aliphatic carbocycles. The summed E-state index contributed by atoms with van der Waals surface area (Å²) in [5, 5.41) is 2.55. The number of ketones is 1. The van der Waals surface area contributed by atoms with E-state index in [1.54, 1.807) is 24.3 Å². The Morgan fingerprint density at radius 3 is 2.56 bits per heavy atom. The van der Waals surface area contributed by atoms with Crippen molar-refractivity contribution in [2.45, 2.75) is 38.5 Å². The van der Waals surface area contributed by atoms with Gasteiger partial charge < -0.3 is 10.1 Å². The smallest absolute Gasteiger partial charge is 0.423 e. The maximum atomic E-state index is 13.6. The highest BCUT2D eigenvalue weighted by molar-refractivity contribution is 5.83. The lowest BCUT2D eigenvalue weighted by atomic mass is 9.82. The van der Waals surface area contributed by atoms with Crippen LogP contribution in [0.1, 0.15) is 36.8 Å². The first-order chi connectivity index (χ1) is 12.9. The van der Waals surface area contributed by atoms with Crippen molar-refractivity contribution in [1.82, 2.24) is 4.98 Å². The van der Waals surface area contributed by atoms with E-state index in [1.165, 1.54) is 12.3 Å². The number of pyridine rings is 1. The molecule has 0 spiro atoms. The highest BCUT2D eigenvalue weighted by Gasteiger charge is 2.38. The van der Waals surface area contributed by atoms with Crippen molar-refractivity contribution in [2.75, 3.05) is 11.9 Å². The summed E-state index contributed by atoms with van der Waals surface area (Å²) < 4.78 is 46.2. The maximum absolute atomic E-state index is 13.6. The van der Waals surface area contributed by atoms with Gasteiger partial charge in [-0.25, -0.2) is 4.98 Å². The molecule has 144 valence electrons. The molecule has 4 nitrogen and oxygen atoms in total. The third-order valence-electron chi connectivity index (χ3n) is 4.63. The number of halogens is 3. The summed E-state index contributed by atoms with van der Waals surface area (Å²) in [7, 11) is 0. The Morgan fingerprint density at radius 2 is 1.93 bits per heavy atom. The number of hydrogen-bond donors (Lipinski definition) is 1. The normalized spacial score (nSPS) is 14.5. The van der Waals surface area contributed by atoms with Gasteiger partial charge in [0.2, 0.25) is 0 Å². The average Bonchev–Trinajstić information content (AvgIpc) is 2.61. The van der Waals surface area contributed by atoms with Gasteiger partial charge in [0, 0.05) is 12.6 Å². The van der Waals surface area contributed by atoms with Crippen molar-refractivity contribution in [3.63, 3.8) is 0 Å². The lowest BCUT2D eigenvalue weighted by molar-refractivity contribution is -0.138. The zero-order valence-corrected chi connectivity index (χ0v) is 14.8. The van der Waals surface area contributed by atoms with Crippen molar-refractivity contribution in [1.29, 1.82) is 0 Å². The maximum Gasteiger partial charge on any atom is 0.423 e. The zero-order chi connectivity index (χ0) is 19.3. The van der Waals surface area contributed by atoms with E-state index in [0.717, 1.165) is 24.8 Å². The summed E-state index contributed by atoms with van der Waals surface area (Å²) in [5.74, 6) is -0.426. The number of carbonyl (C=O) groups excluding carboxylic acids is 1. The third-order valence-corrected chi connectivity index (χ3v) is 4.63. The van der Waals surface area contributed by atoms with Crippen molar-refractivity contribution in [3.8, 4) is 5.75 Å². The standard InChI is InChI=1S/C20H21F3N2O2/c21-20(22,23)18-17(27-13-15-5-2-1-3-6-15)9-10-24-19(18)25-12-16(26)11-14-7-4-8-14/h1-3,5-6,9-10,14H,4,7-8,11-13H2,(H,24,25). The van der Waals surface area contributed by atoms with Crippen LogP contribution in [0.4, 0.5) is 19.0 Å². The summed E-state index contributed by atoms with van der Waals surface area (Å²) in [4.78, 5) is 15.8. The van der Waals surface area contributed by atoms with Gasteiger partial charge in [-0.15, -0.1) is 0 Å². The van der Waals surface area contributed by atoms with Crippen LogP contribution in [0, 0.1) is 5.92 Å². The number of nitrogens with one attached hydrogen (secondary N) is 1. The lowest BCUT2D eigenvalue weighted by Crippen LogP contribution is -2.23. The molecule has 0 amide bonds. The van der Waals surface area contributed by atoms with Gasteiger partial charge in [0.25, 0.3) is 0 Å². The Morgan fingerprint density at radius 1 is 1.19 bits per heavy atom. The first kappa shape index (κ1) is 19.2. The van der Waals surface area contributed by atoms with Gasteiger partial charge >= 0.3 is 6.18 Å². The van der Waals surface area contributed by atoms with Crippen LogP contribution >= 0.6 is 0 Å². The molecule has 0 bridgehead atoms. The Hall–Kier alpha value is -2.57. The van der Waals surface area contributed by atoms with Crippen LogP contribution in [0.25, 0.3) is 0 Å². The molecule has 3 rings (SSSR count). The van der Waals surface area contributed by atoms with Gasteiger partial charge in [-0.05, 0) is 17.5 Å². The first-order valence-electron chi connectivity index (χ1n) is 8.92. The molecule has 1 aromatic carbocycles. The van der Waals surface area contributed by atoms with E-state index in [1.807, 2.05) is 6.07 Å². The second-order valence-electron chi connectivity index (χ2n) is 6.70. The average molecular weight is 378 g/mol. The van der Waals surface area contributed by atoms with Crippen molar-refractivity contribution >= 4 is 11.6 Å². The van der Waals surface area contributed by atoms with Crippen LogP contribution < -0.4 is 10.1 Å². The van der Waals surface area contributed by atoms with Gasteiger partial charge in [-0.1, -0.05) is 49.6 Å². The minimum absolute atomic E-state index is 0.00792. The van der Waals surface area contributed by atoms with Crippen LogP contribution in [0.2, 0.25) is 0 Å².